The second kappa shape index (κ2) is 8.17. The van der Waals surface area contributed by atoms with E-state index in [0.717, 1.165) is 35.8 Å². The summed E-state index contributed by atoms with van der Waals surface area (Å²) in [6.07, 6.45) is 4.20. The van der Waals surface area contributed by atoms with Crippen molar-refractivity contribution in [3.8, 4) is 0 Å². The lowest BCUT2D eigenvalue weighted by atomic mass is 10.1. The Morgan fingerprint density at radius 2 is 1.95 bits per heavy atom. The highest BCUT2D eigenvalue weighted by atomic mass is 79.9. The van der Waals surface area contributed by atoms with Crippen molar-refractivity contribution in [3.63, 3.8) is 0 Å². The number of carbonyl (C=O) groups is 2. The smallest absolute Gasteiger partial charge is 0.224 e. The lowest BCUT2D eigenvalue weighted by Gasteiger charge is -2.20. The van der Waals surface area contributed by atoms with Crippen LogP contribution >= 0.6 is 15.9 Å². The summed E-state index contributed by atoms with van der Waals surface area (Å²) in [7, 11) is 0. The number of carbonyl (C=O) groups excluding carboxylic acids is 2. The second-order valence-corrected chi connectivity index (χ2v) is 6.26. The first-order chi connectivity index (χ1) is 10.1. The van der Waals surface area contributed by atoms with Crippen molar-refractivity contribution in [3.05, 3.63) is 34.3 Å². The normalized spacial score (nSPS) is 15.7. The summed E-state index contributed by atoms with van der Waals surface area (Å²) in [5.74, 6) is 0.217. The standard InChI is InChI=1S/C16H21BrN2O2/c17-14-7-5-13(6-8-14)12-15(20)18-9-11-19-10-3-1-2-4-16(19)21/h5-8H,1-4,9-12H2,(H,18,20). The van der Waals surface area contributed by atoms with Gasteiger partial charge in [0.1, 0.15) is 0 Å². The van der Waals surface area contributed by atoms with Gasteiger partial charge in [0.25, 0.3) is 0 Å². The van der Waals surface area contributed by atoms with Gasteiger partial charge in [0, 0.05) is 30.5 Å². The number of likely N-dealkylation sites (tertiary alicyclic amines) is 1. The van der Waals surface area contributed by atoms with Gasteiger partial charge >= 0.3 is 0 Å². The Balaban J connectivity index is 1.71. The van der Waals surface area contributed by atoms with Crippen molar-refractivity contribution in [2.75, 3.05) is 19.6 Å². The van der Waals surface area contributed by atoms with Crippen LogP contribution < -0.4 is 5.32 Å². The Kier molecular flexibility index (Phi) is 6.23. The number of nitrogens with zero attached hydrogens (tertiary/aromatic N) is 1. The Morgan fingerprint density at radius 3 is 2.71 bits per heavy atom. The molecule has 0 bridgehead atoms. The van der Waals surface area contributed by atoms with Crippen LogP contribution in [0.5, 0.6) is 0 Å². The highest BCUT2D eigenvalue weighted by molar-refractivity contribution is 9.10. The third-order valence-corrected chi connectivity index (χ3v) is 4.18. The monoisotopic (exact) mass is 352 g/mol. The third-order valence-electron chi connectivity index (χ3n) is 3.65. The van der Waals surface area contributed by atoms with Gasteiger partial charge in [-0.25, -0.2) is 0 Å². The fraction of sp³-hybridized carbons (Fsp3) is 0.500. The van der Waals surface area contributed by atoms with Gasteiger partial charge in [-0.1, -0.05) is 34.5 Å². The van der Waals surface area contributed by atoms with Crippen LogP contribution in [0.15, 0.2) is 28.7 Å². The number of hydrogen-bond donors (Lipinski definition) is 1. The summed E-state index contributed by atoms with van der Waals surface area (Å²) >= 11 is 3.37. The Labute approximate surface area is 134 Å². The molecule has 1 N–H and O–H groups in total. The van der Waals surface area contributed by atoms with Gasteiger partial charge in [0.15, 0.2) is 0 Å². The van der Waals surface area contributed by atoms with E-state index in [1.165, 1.54) is 0 Å². The Hall–Kier alpha value is -1.36. The molecule has 21 heavy (non-hydrogen) atoms. The maximum atomic E-state index is 11.9. The number of halogens is 1. The largest absolute Gasteiger partial charge is 0.354 e. The molecule has 4 nitrogen and oxygen atoms in total. The van der Waals surface area contributed by atoms with Gasteiger partial charge in [-0.15, -0.1) is 0 Å². The van der Waals surface area contributed by atoms with E-state index in [2.05, 4.69) is 21.2 Å². The van der Waals surface area contributed by atoms with Crippen LogP contribution in [-0.2, 0) is 16.0 Å². The first-order valence-corrected chi connectivity index (χ1v) is 8.23. The molecule has 0 spiro atoms. The molecule has 1 aliphatic heterocycles. The second-order valence-electron chi connectivity index (χ2n) is 5.34. The topological polar surface area (TPSA) is 49.4 Å². The average Bonchev–Trinajstić information content (AvgIpc) is 2.67. The summed E-state index contributed by atoms with van der Waals surface area (Å²) in [5.41, 5.74) is 0.988. The fourth-order valence-electron chi connectivity index (χ4n) is 2.46. The van der Waals surface area contributed by atoms with Gasteiger partial charge in [-0.2, -0.15) is 0 Å². The van der Waals surface area contributed by atoms with Crippen LogP contribution in [0.3, 0.4) is 0 Å². The van der Waals surface area contributed by atoms with E-state index in [1.54, 1.807) is 0 Å². The van der Waals surface area contributed by atoms with Crippen LogP contribution in [0, 0.1) is 0 Å². The van der Waals surface area contributed by atoms with E-state index in [4.69, 9.17) is 0 Å². The first kappa shape index (κ1) is 16.0. The zero-order chi connectivity index (χ0) is 15.1. The maximum absolute atomic E-state index is 11.9. The average molecular weight is 353 g/mol. The van der Waals surface area contributed by atoms with Gasteiger partial charge < -0.3 is 10.2 Å². The van der Waals surface area contributed by atoms with Crippen LogP contribution in [0.25, 0.3) is 0 Å². The predicted octanol–water partition coefficient (Wildman–Crippen LogP) is 2.51. The molecule has 0 atom stereocenters. The maximum Gasteiger partial charge on any atom is 0.224 e. The number of nitrogens with one attached hydrogen (secondary N) is 1. The minimum absolute atomic E-state index is 0.000377. The molecule has 0 radical (unpaired) electrons. The van der Waals surface area contributed by atoms with E-state index in [0.29, 0.717) is 25.9 Å². The van der Waals surface area contributed by atoms with Crippen molar-refractivity contribution >= 4 is 27.7 Å². The lowest BCUT2D eigenvalue weighted by molar-refractivity contribution is -0.131. The lowest BCUT2D eigenvalue weighted by Crippen LogP contribution is -2.38. The minimum atomic E-state index is -0.000377. The van der Waals surface area contributed by atoms with Crippen LogP contribution in [0.2, 0.25) is 0 Å². The molecule has 114 valence electrons. The number of hydrogen-bond acceptors (Lipinski definition) is 2. The van der Waals surface area contributed by atoms with Gasteiger partial charge in [0.05, 0.1) is 6.42 Å². The summed E-state index contributed by atoms with van der Waals surface area (Å²) in [6.45, 7) is 1.97. The highest BCUT2D eigenvalue weighted by Gasteiger charge is 2.16. The number of amides is 2. The van der Waals surface area contributed by atoms with Gasteiger partial charge in [0.2, 0.25) is 11.8 Å². The molecule has 2 rings (SSSR count). The van der Waals surface area contributed by atoms with Crippen molar-refractivity contribution in [1.29, 1.82) is 0 Å². The molecule has 1 aromatic rings. The summed E-state index contributed by atoms with van der Waals surface area (Å²) in [6, 6.07) is 7.72. The summed E-state index contributed by atoms with van der Waals surface area (Å²) in [5, 5.41) is 2.89. The van der Waals surface area contributed by atoms with Crippen molar-refractivity contribution in [2.24, 2.45) is 0 Å². The molecule has 1 saturated heterocycles. The molecule has 0 unspecified atom stereocenters. The van der Waals surface area contributed by atoms with E-state index < -0.39 is 0 Å². The molecule has 1 aromatic carbocycles. The molecule has 2 amide bonds. The molecular formula is C16H21BrN2O2. The zero-order valence-corrected chi connectivity index (χ0v) is 13.7. The Bertz CT molecular complexity index is 488. The molecule has 5 heteroatoms. The van der Waals surface area contributed by atoms with E-state index in [-0.39, 0.29) is 11.8 Å². The molecular weight excluding hydrogens is 332 g/mol. The molecule has 1 fully saturated rings. The van der Waals surface area contributed by atoms with E-state index >= 15 is 0 Å². The Morgan fingerprint density at radius 1 is 1.19 bits per heavy atom. The SMILES string of the molecule is O=C(Cc1ccc(Br)cc1)NCCN1CCCCCC1=O. The van der Waals surface area contributed by atoms with Gasteiger partial charge in [-0.05, 0) is 30.5 Å². The van der Waals surface area contributed by atoms with Crippen LogP contribution in [0.4, 0.5) is 0 Å². The van der Waals surface area contributed by atoms with E-state index in [1.807, 2.05) is 29.2 Å². The third kappa shape index (κ3) is 5.50. The minimum Gasteiger partial charge on any atom is -0.354 e. The quantitative estimate of drug-likeness (QED) is 0.884. The van der Waals surface area contributed by atoms with Crippen molar-refractivity contribution in [2.45, 2.75) is 32.1 Å². The molecule has 1 heterocycles. The molecule has 0 aliphatic carbocycles. The molecule has 0 aromatic heterocycles. The predicted molar refractivity (Wildman–Crippen MR) is 85.9 cm³/mol. The van der Waals surface area contributed by atoms with Crippen LogP contribution in [-0.4, -0.2) is 36.3 Å². The summed E-state index contributed by atoms with van der Waals surface area (Å²) in [4.78, 5) is 25.6. The van der Waals surface area contributed by atoms with Crippen molar-refractivity contribution < 1.29 is 9.59 Å². The summed E-state index contributed by atoms with van der Waals surface area (Å²) < 4.78 is 1.01. The molecule has 0 saturated carbocycles. The number of benzene rings is 1. The van der Waals surface area contributed by atoms with Gasteiger partial charge in [-0.3, -0.25) is 9.59 Å². The first-order valence-electron chi connectivity index (χ1n) is 7.44. The molecule has 1 aliphatic rings. The fourth-order valence-corrected chi connectivity index (χ4v) is 2.72. The highest BCUT2D eigenvalue weighted by Crippen LogP contribution is 2.11. The number of rotatable bonds is 5. The van der Waals surface area contributed by atoms with Crippen LogP contribution in [0.1, 0.15) is 31.2 Å². The van der Waals surface area contributed by atoms with Crippen molar-refractivity contribution in [1.82, 2.24) is 10.2 Å². The zero-order valence-electron chi connectivity index (χ0n) is 12.1. The van der Waals surface area contributed by atoms with E-state index in [9.17, 15) is 9.59 Å².